The van der Waals surface area contributed by atoms with Crippen LogP contribution in [0, 0.1) is 0 Å². The van der Waals surface area contributed by atoms with Crippen LogP contribution >= 0.6 is 0 Å². The van der Waals surface area contributed by atoms with Crippen molar-refractivity contribution in [1.82, 2.24) is 0 Å². The van der Waals surface area contributed by atoms with E-state index < -0.39 is 0 Å². The molecule has 2 N–H and O–H groups in total. The molecule has 0 saturated carbocycles. The van der Waals surface area contributed by atoms with Crippen LogP contribution in [0.25, 0.3) is 0 Å². The van der Waals surface area contributed by atoms with Gasteiger partial charge in [-0.2, -0.15) is 0 Å². The molecule has 0 atom stereocenters. The van der Waals surface area contributed by atoms with Crippen LogP contribution in [0.4, 0.5) is 11.4 Å². The summed E-state index contributed by atoms with van der Waals surface area (Å²) in [4.78, 5) is 2.27. The highest BCUT2D eigenvalue weighted by Crippen LogP contribution is 2.14. The number of hydrogen-bond donors (Lipinski definition) is 1. The molecule has 0 bridgehead atoms. The lowest BCUT2D eigenvalue weighted by atomic mass is 10.2. The Hall–Kier alpha value is -2.16. The SMILES string of the molecule is CN(CCCCOc1ccc(N)cc1)c1ccccc1. The zero-order valence-corrected chi connectivity index (χ0v) is 12.0. The smallest absolute Gasteiger partial charge is 0.119 e. The van der Waals surface area contributed by atoms with E-state index in [1.807, 2.05) is 30.3 Å². The highest BCUT2D eigenvalue weighted by Gasteiger charge is 1.99. The summed E-state index contributed by atoms with van der Waals surface area (Å²) < 4.78 is 5.67. The van der Waals surface area contributed by atoms with Crippen LogP contribution in [-0.4, -0.2) is 20.2 Å². The lowest BCUT2D eigenvalue weighted by Crippen LogP contribution is -2.18. The fourth-order valence-electron chi connectivity index (χ4n) is 2.02. The van der Waals surface area contributed by atoms with Gasteiger partial charge in [-0.15, -0.1) is 0 Å². The molecule has 0 saturated heterocycles. The van der Waals surface area contributed by atoms with Gasteiger partial charge in [-0.1, -0.05) is 18.2 Å². The predicted octanol–water partition coefficient (Wildman–Crippen LogP) is 3.56. The molecular weight excluding hydrogens is 248 g/mol. The first-order valence-electron chi connectivity index (χ1n) is 7.00. The predicted molar refractivity (Wildman–Crippen MR) is 85.3 cm³/mol. The first kappa shape index (κ1) is 14.3. The summed E-state index contributed by atoms with van der Waals surface area (Å²) in [5.41, 5.74) is 7.65. The monoisotopic (exact) mass is 270 g/mol. The van der Waals surface area contributed by atoms with Crippen molar-refractivity contribution >= 4 is 11.4 Å². The molecule has 2 aromatic carbocycles. The highest BCUT2D eigenvalue weighted by molar-refractivity contribution is 5.44. The summed E-state index contributed by atoms with van der Waals surface area (Å²) in [6, 6.07) is 18.0. The van der Waals surface area contributed by atoms with Crippen LogP contribution in [-0.2, 0) is 0 Å². The van der Waals surface area contributed by atoms with Crippen LogP contribution in [0.2, 0.25) is 0 Å². The van der Waals surface area contributed by atoms with Crippen molar-refractivity contribution in [3.63, 3.8) is 0 Å². The van der Waals surface area contributed by atoms with Crippen LogP contribution in [0.3, 0.4) is 0 Å². The van der Waals surface area contributed by atoms with E-state index in [1.54, 1.807) is 0 Å². The van der Waals surface area contributed by atoms with Crippen LogP contribution < -0.4 is 15.4 Å². The van der Waals surface area contributed by atoms with E-state index in [1.165, 1.54) is 5.69 Å². The third-order valence-corrected chi connectivity index (χ3v) is 3.23. The third-order valence-electron chi connectivity index (χ3n) is 3.23. The third kappa shape index (κ3) is 4.50. The number of rotatable bonds is 7. The maximum Gasteiger partial charge on any atom is 0.119 e. The Morgan fingerprint density at radius 1 is 0.950 bits per heavy atom. The maximum absolute atomic E-state index is 5.67. The number of benzene rings is 2. The molecule has 3 heteroatoms. The van der Waals surface area contributed by atoms with Gasteiger partial charge in [-0.25, -0.2) is 0 Å². The molecule has 0 amide bonds. The Kier molecular flexibility index (Phi) is 5.30. The van der Waals surface area contributed by atoms with Crippen LogP contribution in [0.1, 0.15) is 12.8 Å². The van der Waals surface area contributed by atoms with Crippen molar-refractivity contribution < 1.29 is 4.74 Å². The summed E-state index contributed by atoms with van der Waals surface area (Å²) in [7, 11) is 2.12. The molecule has 0 unspecified atom stereocenters. The molecule has 20 heavy (non-hydrogen) atoms. The van der Waals surface area contributed by atoms with Crippen molar-refractivity contribution in [3.05, 3.63) is 54.6 Å². The van der Waals surface area contributed by atoms with E-state index >= 15 is 0 Å². The summed E-state index contributed by atoms with van der Waals surface area (Å²) in [6.45, 7) is 1.78. The van der Waals surface area contributed by atoms with Gasteiger partial charge in [0, 0.05) is 25.0 Å². The summed E-state index contributed by atoms with van der Waals surface area (Å²) >= 11 is 0. The molecule has 0 radical (unpaired) electrons. The molecule has 3 nitrogen and oxygen atoms in total. The van der Waals surface area contributed by atoms with Gasteiger partial charge in [-0.05, 0) is 49.2 Å². The fraction of sp³-hybridized carbons (Fsp3) is 0.294. The second-order valence-corrected chi connectivity index (χ2v) is 4.88. The normalized spacial score (nSPS) is 10.2. The number of nitrogens with two attached hydrogens (primary N) is 1. The second kappa shape index (κ2) is 7.43. The average molecular weight is 270 g/mol. The van der Waals surface area contributed by atoms with E-state index in [-0.39, 0.29) is 0 Å². The molecule has 0 fully saturated rings. The summed E-state index contributed by atoms with van der Waals surface area (Å²) in [5.74, 6) is 0.885. The van der Waals surface area contributed by atoms with E-state index in [2.05, 4.69) is 36.2 Å². The Morgan fingerprint density at radius 3 is 2.35 bits per heavy atom. The minimum Gasteiger partial charge on any atom is -0.494 e. The fourth-order valence-corrected chi connectivity index (χ4v) is 2.02. The van der Waals surface area contributed by atoms with Crippen molar-refractivity contribution in [3.8, 4) is 5.75 Å². The van der Waals surface area contributed by atoms with Crippen molar-refractivity contribution in [2.75, 3.05) is 30.8 Å². The van der Waals surface area contributed by atoms with Crippen molar-refractivity contribution in [2.24, 2.45) is 0 Å². The van der Waals surface area contributed by atoms with Crippen LogP contribution in [0.15, 0.2) is 54.6 Å². The van der Waals surface area contributed by atoms with Gasteiger partial charge in [0.25, 0.3) is 0 Å². The van der Waals surface area contributed by atoms with E-state index in [9.17, 15) is 0 Å². The Bertz CT molecular complexity index is 496. The molecule has 0 aliphatic heterocycles. The number of unbranched alkanes of at least 4 members (excludes halogenated alkanes) is 1. The molecule has 0 heterocycles. The van der Waals surface area contributed by atoms with Gasteiger partial charge in [0.05, 0.1) is 6.61 Å². The topological polar surface area (TPSA) is 38.5 Å². The first-order chi connectivity index (χ1) is 9.75. The second-order valence-electron chi connectivity index (χ2n) is 4.88. The molecule has 0 aliphatic rings. The Labute approximate surface area is 121 Å². The Balaban J connectivity index is 1.63. The lowest BCUT2D eigenvalue weighted by Gasteiger charge is -2.19. The van der Waals surface area contributed by atoms with Gasteiger partial charge >= 0.3 is 0 Å². The van der Waals surface area contributed by atoms with E-state index in [0.29, 0.717) is 0 Å². The van der Waals surface area contributed by atoms with Gasteiger partial charge < -0.3 is 15.4 Å². The maximum atomic E-state index is 5.67. The number of para-hydroxylation sites is 1. The zero-order valence-electron chi connectivity index (χ0n) is 12.0. The zero-order chi connectivity index (χ0) is 14.2. The lowest BCUT2D eigenvalue weighted by molar-refractivity contribution is 0.307. The molecule has 0 aromatic heterocycles. The molecule has 2 rings (SSSR count). The van der Waals surface area contributed by atoms with Gasteiger partial charge in [-0.3, -0.25) is 0 Å². The first-order valence-corrected chi connectivity index (χ1v) is 7.00. The standard InChI is InChI=1S/C17H22N2O/c1-19(16-7-3-2-4-8-16)13-5-6-14-20-17-11-9-15(18)10-12-17/h2-4,7-12H,5-6,13-14,18H2,1H3. The van der Waals surface area contributed by atoms with Gasteiger partial charge in [0.1, 0.15) is 5.75 Å². The molecule has 2 aromatic rings. The molecule has 106 valence electrons. The summed E-state index contributed by atoms with van der Waals surface area (Å²) in [5, 5.41) is 0. The minimum absolute atomic E-state index is 0.743. The quantitative estimate of drug-likeness (QED) is 0.617. The largest absolute Gasteiger partial charge is 0.494 e. The van der Waals surface area contributed by atoms with Crippen molar-refractivity contribution in [1.29, 1.82) is 0 Å². The van der Waals surface area contributed by atoms with E-state index in [0.717, 1.165) is 37.4 Å². The number of nitrogens with zero attached hydrogens (tertiary/aromatic N) is 1. The van der Waals surface area contributed by atoms with Gasteiger partial charge in [0.15, 0.2) is 0 Å². The minimum atomic E-state index is 0.743. The molecule has 0 spiro atoms. The van der Waals surface area contributed by atoms with E-state index in [4.69, 9.17) is 10.5 Å². The van der Waals surface area contributed by atoms with Crippen molar-refractivity contribution in [2.45, 2.75) is 12.8 Å². The van der Waals surface area contributed by atoms with Gasteiger partial charge in [0.2, 0.25) is 0 Å². The number of anilines is 2. The Morgan fingerprint density at radius 2 is 1.65 bits per heavy atom. The summed E-state index contributed by atoms with van der Waals surface area (Å²) in [6.07, 6.45) is 2.15. The van der Waals surface area contributed by atoms with Crippen LogP contribution in [0.5, 0.6) is 5.75 Å². The average Bonchev–Trinajstić information content (AvgIpc) is 2.49. The number of ether oxygens (including phenoxy) is 1. The number of hydrogen-bond acceptors (Lipinski definition) is 3. The highest BCUT2D eigenvalue weighted by atomic mass is 16.5. The molecular formula is C17H22N2O. The number of nitrogen functional groups attached to an aromatic ring is 1. The molecule has 0 aliphatic carbocycles.